The zero-order chi connectivity index (χ0) is 10.8. The van der Waals surface area contributed by atoms with Crippen LogP contribution in [0.15, 0.2) is 0 Å². The molecule has 0 rings (SSSR count). The maximum atomic E-state index is 11.2. The highest BCUT2D eigenvalue weighted by molar-refractivity contribution is 5.76. The number of carbonyl (C=O) groups excluding carboxylic acids is 1. The number of amides is 1. The third-order valence-electron chi connectivity index (χ3n) is 1.90. The van der Waals surface area contributed by atoms with E-state index < -0.39 is 0 Å². The van der Waals surface area contributed by atoms with Gasteiger partial charge in [0.2, 0.25) is 5.91 Å². The van der Waals surface area contributed by atoms with Crippen LogP contribution in [0.4, 0.5) is 0 Å². The standard InChI is InChI=1S/C10H21NO3/c1-3-6-14-7-5-10(13)11-9(4-2)8-12/h9,12H,3-8H2,1-2H3,(H,11,13)/t9-/m1/s1. The molecule has 0 spiro atoms. The molecule has 0 radical (unpaired) electrons. The van der Waals surface area contributed by atoms with Gasteiger partial charge in [-0.1, -0.05) is 13.8 Å². The minimum atomic E-state index is -0.117. The van der Waals surface area contributed by atoms with Crippen molar-refractivity contribution in [2.24, 2.45) is 0 Å². The number of aliphatic hydroxyl groups excluding tert-OH is 1. The van der Waals surface area contributed by atoms with Gasteiger partial charge in [0.15, 0.2) is 0 Å². The molecule has 0 heterocycles. The maximum absolute atomic E-state index is 11.2. The number of carbonyl (C=O) groups is 1. The van der Waals surface area contributed by atoms with Crippen molar-refractivity contribution in [2.75, 3.05) is 19.8 Å². The second kappa shape index (κ2) is 8.97. The summed E-state index contributed by atoms with van der Waals surface area (Å²) in [6, 6.07) is -0.117. The SMILES string of the molecule is CCCOCCC(=O)N[C@H](CC)CO. The van der Waals surface area contributed by atoms with E-state index in [0.29, 0.717) is 19.6 Å². The van der Waals surface area contributed by atoms with Crippen LogP contribution in [0, 0.1) is 0 Å². The van der Waals surface area contributed by atoms with Crippen LogP contribution in [0.3, 0.4) is 0 Å². The Balaban J connectivity index is 3.44. The topological polar surface area (TPSA) is 58.6 Å². The monoisotopic (exact) mass is 203 g/mol. The summed E-state index contributed by atoms with van der Waals surface area (Å²) in [5, 5.41) is 11.6. The van der Waals surface area contributed by atoms with Crippen LogP contribution >= 0.6 is 0 Å². The predicted octanol–water partition coefficient (Wildman–Crippen LogP) is 0.690. The second-order valence-corrected chi connectivity index (χ2v) is 3.22. The lowest BCUT2D eigenvalue weighted by molar-refractivity contribution is -0.123. The normalized spacial score (nSPS) is 12.5. The summed E-state index contributed by atoms with van der Waals surface area (Å²) in [4.78, 5) is 11.2. The molecule has 0 aromatic carbocycles. The molecule has 0 aromatic heterocycles. The third-order valence-corrected chi connectivity index (χ3v) is 1.90. The predicted molar refractivity (Wildman–Crippen MR) is 55.0 cm³/mol. The van der Waals surface area contributed by atoms with E-state index >= 15 is 0 Å². The van der Waals surface area contributed by atoms with Crippen molar-refractivity contribution in [3.63, 3.8) is 0 Å². The Labute approximate surface area is 85.6 Å². The average molecular weight is 203 g/mol. The highest BCUT2D eigenvalue weighted by Gasteiger charge is 2.08. The number of hydrogen-bond donors (Lipinski definition) is 2. The molecule has 0 aliphatic heterocycles. The van der Waals surface area contributed by atoms with E-state index in [0.717, 1.165) is 12.8 Å². The van der Waals surface area contributed by atoms with E-state index in [4.69, 9.17) is 9.84 Å². The first-order chi connectivity index (χ1) is 6.74. The van der Waals surface area contributed by atoms with Crippen molar-refractivity contribution in [2.45, 2.75) is 39.2 Å². The third kappa shape index (κ3) is 6.86. The number of aliphatic hydroxyl groups is 1. The van der Waals surface area contributed by atoms with Crippen molar-refractivity contribution in [1.82, 2.24) is 5.32 Å². The van der Waals surface area contributed by atoms with Gasteiger partial charge in [-0.2, -0.15) is 0 Å². The van der Waals surface area contributed by atoms with Gasteiger partial charge in [0, 0.05) is 13.0 Å². The first kappa shape index (κ1) is 13.4. The number of hydrogen-bond acceptors (Lipinski definition) is 3. The zero-order valence-corrected chi connectivity index (χ0v) is 9.08. The minimum Gasteiger partial charge on any atom is -0.394 e. The molecule has 0 aliphatic carbocycles. The molecule has 2 N–H and O–H groups in total. The van der Waals surface area contributed by atoms with Crippen LogP contribution in [0.1, 0.15) is 33.1 Å². The molecule has 14 heavy (non-hydrogen) atoms. The lowest BCUT2D eigenvalue weighted by Gasteiger charge is -2.13. The van der Waals surface area contributed by atoms with Gasteiger partial charge in [0.05, 0.1) is 19.3 Å². The summed E-state index contributed by atoms with van der Waals surface area (Å²) < 4.78 is 5.18. The molecule has 84 valence electrons. The van der Waals surface area contributed by atoms with Gasteiger partial charge >= 0.3 is 0 Å². The molecule has 0 fully saturated rings. The molecule has 0 aromatic rings. The van der Waals surface area contributed by atoms with E-state index in [2.05, 4.69) is 5.32 Å². The van der Waals surface area contributed by atoms with E-state index in [1.807, 2.05) is 13.8 Å². The van der Waals surface area contributed by atoms with E-state index in [1.54, 1.807) is 0 Å². The van der Waals surface area contributed by atoms with Gasteiger partial charge in [-0.15, -0.1) is 0 Å². The Morgan fingerprint density at radius 2 is 2.14 bits per heavy atom. The summed E-state index contributed by atoms with van der Waals surface area (Å²) in [5.41, 5.74) is 0. The highest BCUT2D eigenvalue weighted by atomic mass is 16.5. The van der Waals surface area contributed by atoms with Gasteiger partial charge in [-0.3, -0.25) is 4.79 Å². The zero-order valence-electron chi connectivity index (χ0n) is 9.08. The van der Waals surface area contributed by atoms with E-state index in [9.17, 15) is 4.79 Å². The van der Waals surface area contributed by atoms with Crippen LogP contribution in [-0.4, -0.2) is 36.9 Å². The maximum Gasteiger partial charge on any atom is 0.222 e. The van der Waals surface area contributed by atoms with Gasteiger partial charge in [0.1, 0.15) is 0 Å². The average Bonchev–Trinajstić information content (AvgIpc) is 2.21. The van der Waals surface area contributed by atoms with Crippen molar-refractivity contribution < 1.29 is 14.6 Å². The van der Waals surface area contributed by atoms with Crippen LogP contribution in [0.2, 0.25) is 0 Å². The van der Waals surface area contributed by atoms with Gasteiger partial charge in [-0.05, 0) is 12.8 Å². The Kier molecular flexibility index (Phi) is 8.57. The second-order valence-electron chi connectivity index (χ2n) is 3.22. The minimum absolute atomic E-state index is 0.00193. The Morgan fingerprint density at radius 1 is 1.43 bits per heavy atom. The fraction of sp³-hybridized carbons (Fsp3) is 0.900. The fourth-order valence-corrected chi connectivity index (χ4v) is 0.988. The van der Waals surface area contributed by atoms with Gasteiger partial charge in [-0.25, -0.2) is 0 Å². The van der Waals surface area contributed by atoms with Gasteiger partial charge in [0.25, 0.3) is 0 Å². The van der Waals surface area contributed by atoms with Crippen LogP contribution in [0.5, 0.6) is 0 Å². The Hall–Kier alpha value is -0.610. The van der Waals surface area contributed by atoms with Crippen LogP contribution < -0.4 is 5.32 Å². The summed E-state index contributed by atoms with van der Waals surface area (Å²) in [7, 11) is 0. The molecule has 0 saturated heterocycles. The quantitative estimate of drug-likeness (QED) is 0.571. The molecule has 0 aliphatic rings. The molecule has 1 atom stereocenters. The van der Waals surface area contributed by atoms with Gasteiger partial charge < -0.3 is 15.2 Å². The summed E-state index contributed by atoms with van der Waals surface area (Å²) in [6.45, 7) is 5.11. The summed E-state index contributed by atoms with van der Waals surface area (Å²) in [6.07, 6.45) is 2.09. The largest absolute Gasteiger partial charge is 0.394 e. The molecule has 0 saturated carbocycles. The number of ether oxygens (including phenoxy) is 1. The summed E-state index contributed by atoms with van der Waals surface area (Å²) in [5.74, 6) is -0.0537. The highest BCUT2D eigenvalue weighted by Crippen LogP contribution is 1.91. The van der Waals surface area contributed by atoms with E-state index in [-0.39, 0.29) is 18.6 Å². The molecule has 0 unspecified atom stereocenters. The Bertz CT molecular complexity index is 146. The van der Waals surface area contributed by atoms with Crippen LogP contribution in [-0.2, 0) is 9.53 Å². The molecular weight excluding hydrogens is 182 g/mol. The van der Waals surface area contributed by atoms with E-state index in [1.165, 1.54) is 0 Å². The molecule has 1 amide bonds. The summed E-state index contributed by atoms with van der Waals surface area (Å²) >= 11 is 0. The van der Waals surface area contributed by atoms with Crippen LogP contribution in [0.25, 0.3) is 0 Å². The lowest BCUT2D eigenvalue weighted by Crippen LogP contribution is -2.37. The first-order valence-electron chi connectivity index (χ1n) is 5.22. The number of nitrogens with one attached hydrogen (secondary N) is 1. The molecule has 0 bridgehead atoms. The fourth-order valence-electron chi connectivity index (χ4n) is 0.988. The molecule has 4 nitrogen and oxygen atoms in total. The molecular formula is C10H21NO3. The Morgan fingerprint density at radius 3 is 2.64 bits per heavy atom. The number of rotatable bonds is 8. The smallest absolute Gasteiger partial charge is 0.222 e. The lowest BCUT2D eigenvalue weighted by atomic mass is 10.2. The van der Waals surface area contributed by atoms with Crippen molar-refractivity contribution in [3.8, 4) is 0 Å². The van der Waals surface area contributed by atoms with Crippen molar-refractivity contribution in [1.29, 1.82) is 0 Å². The van der Waals surface area contributed by atoms with Crippen molar-refractivity contribution in [3.05, 3.63) is 0 Å². The molecule has 4 heteroatoms. The van der Waals surface area contributed by atoms with Crippen molar-refractivity contribution >= 4 is 5.91 Å². The first-order valence-corrected chi connectivity index (χ1v) is 5.22.